The van der Waals surface area contributed by atoms with Gasteiger partial charge in [-0.05, 0) is 47.7 Å². The first-order chi connectivity index (χ1) is 21.2. The van der Waals surface area contributed by atoms with E-state index in [2.05, 4.69) is 15.3 Å². The maximum atomic E-state index is 14.2. The Morgan fingerprint density at radius 2 is 1.61 bits per heavy atom. The summed E-state index contributed by atoms with van der Waals surface area (Å²) >= 11 is 0. The van der Waals surface area contributed by atoms with Gasteiger partial charge in [-0.15, -0.1) is 0 Å². The number of nitrogens with one attached hydrogen (secondary N) is 1. The highest BCUT2D eigenvalue weighted by atomic mass is 16.2. The summed E-state index contributed by atoms with van der Waals surface area (Å²) < 4.78 is 1.93. The summed E-state index contributed by atoms with van der Waals surface area (Å²) in [5.74, 6) is -0.549. The Labute approximate surface area is 256 Å². The van der Waals surface area contributed by atoms with E-state index in [0.717, 1.165) is 48.8 Å². The fourth-order valence-corrected chi connectivity index (χ4v) is 5.84. The fraction of sp³-hybridized carbons (Fsp3) is 0.333. The minimum absolute atomic E-state index is 0.0176. The van der Waals surface area contributed by atoms with Gasteiger partial charge in [-0.3, -0.25) is 14.4 Å². The number of carbonyl (C=O) groups excluding carboxylic acids is 3. The van der Waals surface area contributed by atoms with Gasteiger partial charge in [-0.25, -0.2) is 9.97 Å². The quantitative estimate of drug-likeness (QED) is 0.293. The summed E-state index contributed by atoms with van der Waals surface area (Å²) in [4.78, 5) is 50.4. The first-order valence-corrected chi connectivity index (χ1v) is 14.7. The second-order valence-electron chi connectivity index (χ2n) is 11.3. The van der Waals surface area contributed by atoms with Gasteiger partial charge >= 0.3 is 0 Å². The number of carbonyl (C=O) groups is 3. The summed E-state index contributed by atoms with van der Waals surface area (Å²) in [6, 6.07) is 18.9. The Morgan fingerprint density at radius 3 is 2.18 bits per heavy atom. The molecule has 3 amide bonds. The van der Waals surface area contributed by atoms with E-state index in [0.29, 0.717) is 28.1 Å². The summed E-state index contributed by atoms with van der Waals surface area (Å²) in [5.41, 5.74) is 9.87. The number of anilines is 1. The average molecular weight is 593 g/mol. The van der Waals surface area contributed by atoms with Crippen molar-refractivity contribution in [1.82, 2.24) is 24.3 Å². The molecule has 0 saturated heterocycles. The monoisotopic (exact) mass is 592 g/mol. The van der Waals surface area contributed by atoms with Crippen molar-refractivity contribution in [2.75, 3.05) is 33.0 Å². The lowest BCUT2D eigenvalue weighted by molar-refractivity contribution is -0.118. The third kappa shape index (κ3) is 6.24. The number of hydrogen-bond donors (Lipinski definition) is 2. The molecule has 3 N–H and O–H groups in total. The van der Waals surface area contributed by atoms with E-state index in [9.17, 15) is 19.6 Å². The molecule has 11 heteroatoms. The largest absolute Gasteiger partial charge is 0.372 e. The maximum absolute atomic E-state index is 14.2. The first-order valence-electron chi connectivity index (χ1n) is 14.7. The van der Waals surface area contributed by atoms with Crippen molar-refractivity contribution in [2.45, 2.75) is 44.7 Å². The van der Waals surface area contributed by atoms with E-state index in [4.69, 9.17) is 5.73 Å². The van der Waals surface area contributed by atoms with Gasteiger partial charge < -0.3 is 25.4 Å². The molecule has 11 nitrogen and oxygen atoms in total. The topological polar surface area (TPSA) is 150 Å². The molecule has 5 rings (SSSR count). The van der Waals surface area contributed by atoms with Crippen LogP contribution < -0.4 is 11.1 Å². The van der Waals surface area contributed by atoms with Crippen molar-refractivity contribution >= 4 is 34.6 Å². The summed E-state index contributed by atoms with van der Waals surface area (Å²) in [6.45, 7) is -0.0965. The van der Waals surface area contributed by atoms with Crippen LogP contribution in [0, 0.1) is 11.3 Å². The van der Waals surface area contributed by atoms with Crippen LogP contribution in [0.1, 0.15) is 70.4 Å². The van der Waals surface area contributed by atoms with Crippen LogP contribution in [-0.4, -0.2) is 69.7 Å². The van der Waals surface area contributed by atoms with Crippen LogP contribution in [0.4, 0.5) is 5.82 Å². The average Bonchev–Trinajstić information content (AvgIpc) is 3.43. The molecule has 2 aromatic heterocycles. The Kier molecular flexibility index (Phi) is 8.90. The van der Waals surface area contributed by atoms with Crippen molar-refractivity contribution in [3.05, 3.63) is 77.2 Å². The van der Waals surface area contributed by atoms with Gasteiger partial charge in [-0.1, -0.05) is 55.7 Å². The van der Waals surface area contributed by atoms with Gasteiger partial charge in [-0.2, -0.15) is 5.26 Å². The van der Waals surface area contributed by atoms with Crippen LogP contribution in [-0.2, 0) is 11.3 Å². The molecule has 0 atom stereocenters. The highest BCUT2D eigenvalue weighted by Gasteiger charge is 2.29. The maximum Gasteiger partial charge on any atom is 0.271 e. The molecular formula is C33H36N8O3. The van der Waals surface area contributed by atoms with E-state index in [1.807, 2.05) is 47.0 Å². The van der Waals surface area contributed by atoms with Gasteiger partial charge in [0.15, 0.2) is 0 Å². The van der Waals surface area contributed by atoms with Crippen molar-refractivity contribution in [3.63, 3.8) is 0 Å². The SMILES string of the molecule is CNc1nc(C#N)nc2c1cc(C(=O)N(CC(N)=O)Cc1ccc(-c3ccc(C(=O)N(C)C)cc3)cc1)n2C1CCCCC1. The zero-order valence-electron chi connectivity index (χ0n) is 25.2. The predicted octanol–water partition coefficient (Wildman–Crippen LogP) is 4.35. The molecule has 1 aliphatic carbocycles. The Balaban J connectivity index is 1.47. The number of fused-ring (bicyclic) bond motifs is 1. The summed E-state index contributed by atoms with van der Waals surface area (Å²) in [5, 5.41) is 13.2. The fourth-order valence-electron chi connectivity index (χ4n) is 5.84. The van der Waals surface area contributed by atoms with Crippen molar-refractivity contribution in [1.29, 1.82) is 5.26 Å². The van der Waals surface area contributed by atoms with E-state index >= 15 is 0 Å². The molecule has 0 unspecified atom stereocenters. The van der Waals surface area contributed by atoms with Crippen molar-refractivity contribution in [3.8, 4) is 17.2 Å². The Bertz CT molecular complexity index is 1730. The van der Waals surface area contributed by atoms with Crippen LogP contribution in [0.3, 0.4) is 0 Å². The van der Waals surface area contributed by atoms with Crippen LogP contribution >= 0.6 is 0 Å². The number of rotatable bonds is 9. The van der Waals surface area contributed by atoms with Crippen molar-refractivity contribution in [2.24, 2.45) is 5.73 Å². The van der Waals surface area contributed by atoms with E-state index < -0.39 is 5.91 Å². The third-order valence-electron chi connectivity index (χ3n) is 8.02. The number of amides is 3. The summed E-state index contributed by atoms with van der Waals surface area (Å²) in [7, 11) is 5.15. The Morgan fingerprint density at radius 1 is 0.977 bits per heavy atom. The molecule has 2 aromatic carbocycles. The lowest BCUT2D eigenvalue weighted by atomic mass is 9.95. The predicted molar refractivity (Wildman–Crippen MR) is 168 cm³/mol. The molecule has 44 heavy (non-hydrogen) atoms. The molecule has 0 radical (unpaired) electrons. The number of benzene rings is 2. The number of primary amides is 1. The molecule has 1 fully saturated rings. The zero-order valence-corrected chi connectivity index (χ0v) is 25.2. The number of nitrogens with two attached hydrogens (primary N) is 1. The standard InChI is InChI=1S/C33H36N8O3/c1-36-30-26-17-27(41(25-7-5-4-6-8-25)31(26)38-29(18-34)37-30)33(44)40(20-28(35)42)19-21-9-11-22(12-10-21)23-13-15-24(16-14-23)32(43)39(2)3/h9-17,25H,4-8,19-20H2,1-3H3,(H2,35,42)(H,36,37,38). The first kappa shape index (κ1) is 30.2. The lowest BCUT2D eigenvalue weighted by Gasteiger charge is -2.28. The number of nitriles is 1. The van der Waals surface area contributed by atoms with Crippen LogP contribution in [0.2, 0.25) is 0 Å². The minimum Gasteiger partial charge on any atom is -0.372 e. The molecular weight excluding hydrogens is 556 g/mol. The van der Waals surface area contributed by atoms with Crippen LogP contribution in [0.25, 0.3) is 22.2 Å². The highest BCUT2D eigenvalue weighted by molar-refractivity contribution is 6.02. The normalized spacial score (nSPS) is 13.3. The Hall–Kier alpha value is -5.24. The number of aromatic nitrogens is 3. The van der Waals surface area contributed by atoms with Gasteiger partial charge in [0.2, 0.25) is 11.7 Å². The van der Waals surface area contributed by atoms with Gasteiger partial charge in [0.25, 0.3) is 11.8 Å². The van der Waals surface area contributed by atoms with Crippen LogP contribution in [0.15, 0.2) is 54.6 Å². The molecule has 0 aliphatic heterocycles. The van der Waals surface area contributed by atoms with E-state index in [-0.39, 0.29) is 36.8 Å². The van der Waals surface area contributed by atoms with Crippen LogP contribution in [0.5, 0.6) is 0 Å². The smallest absolute Gasteiger partial charge is 0.271 e. The van der Waals surface area contributed by atoms with E-state index in [1.165, 1.54) is 9.80 Å². The molecule has 1 aliphatic rings. The van der Waals surface area contributed by atoms with Gasteiger partial charge in [0.1, 0.15) is 29.8 Å². The van der Waals surface area contributed by atoms with E-state index in [1.54, 1.807) is 39.3 Å². The molecule has 1 saturated carbocycles. The van der Waals surface area contributed by atoms with Gasteiger partial charge in [0, 0.05) is 39.3 Å². The molecule has 0 spiro atoms. The minimum atomic E-state index is -0.620. The highest BCUT2D eigenvalue weighted by Crippen LogP contribution is 2.35. The van der Waals surface area contributed by atoms with Crippen molar-refractivity contribution < 1.29 is 14.4 Å². The number of hydrogen-bond acceptors (Lipinski definition) is 7. The molecule has 4 aromatic rings. The number of nitrogens with zero attached hydrogens (tertiary/aromatic N) is 6. The summed E-state index contributed by atoms with van der Waals surface area (Å²) in [6.07, 6.45) is 4.94. The second kappa shape index (κ2) is 13.0. The molecule has 2 heterocycles. The lowest BCUT2D eigenvalue weighted by Crippen LogP contribution is -2.39. The van der Waals surface area contributed by atoms with Gasteiger partial charge in [0.05, 0.1) is 5.39 Å². The second-order valence-corrected chi connectivity index (χ2v) is 11.3. The zero-order chi connectivity index (χ0) is 31.4. The molecule has 0 bridgehead atoms. The molecule has 226 valence electrons. The third-order valence-corrected chi connectivity index (χ3v) is 8.02.